The van der Waals surface area contributed by atoms with Crippen LogP contribution in [0, 0.1) is 0 Å². The second kappa shape index (κ2) is 6.03. The number of carbonyl (C=O) groups is 1. The number of hydrogen-bond donors (Lipinski definition) is 0. The quantitative estimate of drug-likeness (QED) is 0.791. The third kappa shape index (κ3) is 2.76. The number of ether oxygens (including phenoxy) is 3. The number of methoxy groups -OCH3 is 2. The molecule has 0 aromatic heterocycles. The molecule has 3 rings (SSSR count). The van der Waals surface area contributed by atoms with Crippen molar-refractivity contribution in [2.45, 2.75) is 25.0 Å². The third-order valence-electron chi connectivity index (χ3n) is 4.35. The average Bonchev–Trinajstić information content (AvgIpc) is 3.01. The molecule has 2 atom stereocenters. The molecular weight excluding hydrogens is 270 g/mol. The highest BCUT2D eigenvalue weighted by Gasteiger charge is 2.36. The van der Waals surface area contributed by atoms with Crippen molar-refractivity contribution in [3.63, 3.8) is 0 Å². The minimum absolute atomic E-state index is 0.0314. The molecule has 2 unspecified atom stereocenters. The highest BCUT2D eigenvalue weighted by molar-refractivity contribution is 6.02. The lowest BCUT2D eigenvalue weighted by molar-refractivity contribution is -0.0345. The normalized spacial score (nSPS) is 25.4. The molecule has 21 heavy (non-hydrogen) atoms. The summed E-state index contributed by atoms with van der Waals surface area (Å²) in [5.74, 6) is 1.18. The Bertz CT molecular complexity index is 531. The van der Waals surface area contributed by atoms with E-state index in [4.69, 9.17) is 14.2 Å². The summed E-state index contributed by atoms with van der Waals surface area (Å²) in [6, 6.07) is 5.75. The summed E-state index contributed by atoms with van der Waals surface area (Å²) in [5, 5.41) is 0. The number of morpholine rings is 1. The number of nitrogens with zero attached hydrogens (tertiary/aromatic N) is 1. The SMILES string of the molecule is COc1ccc(OC)c(C(=O)C2CN3CCCC3CO2)c1. The number of hydrogen-bond acceptors (Lipinski definition) is 5. The van der Waals surface area contributed by atoms with Gasteiger partial charge in [0.1, 0.15) is 17.6 Å². The van der Waals surface area contributed by atoms with Crippen LogP contribution in [0.1, 0.15) is 23.2 Å². The Morgan fingerprint density at radius 1 is 1.33 bits per heavy atom. The third-order valence-corrected chi connectivity index (χ3v) is 4.35. The predicted molar refractivity (Wildman–Crippen MR) is 78.2 cm³/mol. The van der Waals surface area contributed by atoms with E-state index in [-0.39, 0.29) is 5.78 Å². The first kappa shape index (κ1) is 14.4. The van der Waals surface area contributed by atoms with Gasteiger partial charge in [-0.2, -0.15) is 0 Å². The molecule has 0 N–H and O–H groups in total. The molecule has 5 nitrogen and oxygen atoms in total. The van der Waals surface area contributed by atoms with Crippen molar-refractivity contribution in [2.24, 2.45) is 0 Å². The van der Waals surface area contributed by atoms with E-state index >= 15 is 0 Å². The molecule has 0 amide bonds. The Morgan fingerprint density at radius 2 is 2.19 bits per heavy atom. The van der Waals surface area contributed by atoms with Gasteiger partial charge >= 0.3 is 0 Å². The highest BCUT2D eigenvalue weighted by Crippen LogP contribution is 2.29. The Hall–Kier alpha value is -1.59. The Labute approximate surface area is 124 Å². The van der Waals surface area contributed by atoms with Gasteiger partial charge < -0.3 is 14.2 Å². The summed E-state index contributed by atoms with van der Waals surface area (Å²) in [6.45, 7) is 2.37. The van der Waals surface area contributed by atoms with Crippen molar-refractivity contribution in [1.29, 1.82) is 0 Å². The second-order valence-corrected chi connectivity index (χ2v) is 5.54. The molecule has 1 aromatic rings. The van der Waals surface area contributed by atoms with Gasteiger partial charge in [-0.3, -0.25) is 9.69 Å². The first-order valence-electron chi connectivity index (χ1n) is 7.35. The topological polar surface area (TPSA) is 48.0 Å². The van der Waals surface area contributed by atoms with E-state index in [9.17, 15) is 4.79 Å². The first-order valence-corrected chi connectivity index (χ1v) is 7.35. The number of rotatable bonds is 4. The number of Topliss-reactive ketones (excluding diaryl/α,β-unsaturated/α-hetero) is 1. The lowest BCUT2D eigenvalue weighted by Gasteiger charge is -2.34. The zero-order chi connectivity index (χ0) is 14.8. The number of ketones is 1. The lowest BCUT2D eigenvalue weighted by atomic mass is 10.0. The second-order valence-electron chi connectivity index (χ2n) is 5.54. The number of carbonyl (C=O) groups excluding carboxylic acids is 1. The summed E-state index contributed by atoms with van der Waals surface area (Å²) in [4.78, 5) is 15.1. The van der Waals surface area contributed by atoms with Crippen LogP contribution < -0.4 is 9.47 Å². The van der Waals surface area contributed by atoms with Crippen LogP contribution in [0.3, 0.4) is 0 Å². The summed E-state index contributed by atoms with van der Waals surface area (Å²) in [5.41, 5.74) is 0.527. The van der Waals surface area contributed by atoms with Crippen LogP contribution in [-0.4, -0.2) is 56.7 Å². The first-order chi connectivity index (χ1) is 10.2. The molecule has 0 aliphatic carbocycles. The Balaban J connectivity index is 1.81. The van der Waals surface area contributed by atoms with Gasteiger partial charge in [-0.15, -0.1) is 0 Å². The fraction of sp³-hybridized carbons (Fsp3) is 0.562. The van der Waals surface area contributed by atoms with Gasteiger partial charge in [0, 0.05) is 12.6 Å². The highest BCUT2D eigenvalue weighted by atomic mass is 16.5. The molecule has 0 spiro atoms. The molecule has 2 aliphatic heterocycles. The van der Waals surface area contributed by atoms with Gasteiger partial charge in [-0.25, -0.2) is 0 Å². The van der Waals surface area contributed by atoms with Crippen LogP contribution >= 0.6 is 0 Å². The van der Waals surface area contributed by atoms with Crippen LogP contribution in [0.2, 0.25) is 0 Å². The van der Waals surface area contributed by atoms with Crippen molar-refractivity contribution in [1.82, 2.24) is 4.90 Å². The molecule has 2 fully saturated rings. The number of benzene rings is 1. The Kier molecular flexibility index (Phi) is 4.12. The standard InChI is InChI=1S/C16H21NO4/c1-19-12-5-6-14(20-2)13(8-12)16(18)15-9-17-7-3-4-11(17)10-21-15/h5-6,8,11,15H,3-4,7,9-10H2,1-2H3. The van der Waals surface area contributed by atoms with Crippen molar-refractivity contribution in [2.75, 3.05) is 33.9 Å². The van der Waals surface area contributed by atoms with Crippen molar-refractivity contribution < 1.29 is 19.0 Å². The fourth-order valence-corrected chi connectivity index (χ4v) is 3.16. The maximum absolute atomic E-state index is 12.7. The van der Waals surface area contributed by atoms with Crippen LogP contribution in [0.15, 0.2) is 18.2 Å². The molecule has 0 saturated carbocycles. The largest absolute Gasteiger partial charge is 0.497 e. The van der Waals surface area contributed by atoms with Crippen LogP contribution in [-0.2, 0) is 4.74 Å². The minimum atomic E-state index is -0.416. The lowest BCUT2D eigenvalue weighted by Crippen LogP contribution is -2.49. The summed E-state index contributed by atoms with van der Waals surface area (Å²) in [7, 11) is 3.15. The molecule has 0 radical (unpaired) electrons. The Morgan fingerprint density at radius 3 is 2.95 bits per heavy atom. The maximum Gasteiger partial charge on any atom is 0.196 e. The molecule has 5 heteroatoms. The summed E-state index contributed by atoms with van der Waals surface area (Å²) >= 11 is 0. The van der Waals surface area contributed by atoms with E-state index in [0.717, 1.165) is 6.54 Å². The van der Waals surface area contributed by atoms with Gasteiger partial charge in [-0.05, 0) is 37.6 Å². The molecule has 0 bridgehead atoms. The van der Waals surface area contributed by atoms with E-state index in [0.29, 0.717) is 36.3 Å². The molecule has 2 heterocycles. The average molecular weight is 291 g/mol. The van der Waals surface area contributed by atoms with Gasteiger partial charge in [0.15, 0.2) is 5.78 Å². The minimum Gasteiger partial charge on any atom is -0.497 e. The molecule has 114 valence electrons. The molecular formula is C16H21NO4. The van der Waals surface area contributed by atoms with Crippen LogP contribution in [0.4, 0.5) is 0 Å². The van der Waals surface area contributed by atoms with E-state index in [1.165, 1.54) is 12.8 Å². The maximum atomic E-state index is 12.7. The monoisotopic (exact) mass is 291 g/mol. The van der Waals surface area contributed by atoms with Crippen LogP contribution in [0.5, 0.6) is 11.5 Å². The van der Waals surface area contributed by atoms with E-state index in [1.54, 1.807) is 32.4 Å². The molecule has 2 saturated heterocycles. The van der Waals surface area contributed by atoms with Crippen molar-refractivity contribution >= 4 is 5.78 Å². The van der Waals surface area contributed by atoms with Gasteiger partial charge in [0.05, 0.1) is 26.4 Å². The molecule has 2 aliphatic rings. The van der Waals surface area contributed by atoms with Crippen molar-refractivity contribution in [3.05, 3.63) is 23.8 Å². The zero-order valence-electron chi connectivity index (χ0n) is 12.5. The van der Waals surface area contributed by atoms with Crippen LogP contribution in [0.25, 0.3) is 0 Å². The number of fused-ring (bicyclic) bond motifs is 1. The predicted octanol–water partition coefficient (Wildman–Crippen LogP) is 1.75. The van der Waals surface area contributed by atoms with E-state index in [1.807, 2.05) is 0 Å². The van der Waals surface area contributed by atoms with Gasteiger partial charge in [-0.1, -0.05) is 0 Å². The van der Waals surface area contributed by atoms with E-state index < -0.39 is 6.10 Å². The summed E-state index contributed by atoms with van der Waals surface area (Å²) < 4.78 is 16.3. The smallest absolute Gasteiger partial charge is 0.196 e. The zero-order valence-corrected chi connectivity index (χ0v) is 12.5. The molecule has 1 aromatic carbocycles. The fourth-order valence-electron chi connectivity index (χ4n) is 3.16. The van der Waals surface area contributed by atoms with Gasteiger partial charge in [0.25, 0.3) is 0 Å². The summed E-state index contributed by atoms with van der Waals surface area (Å²) in [6.07, 6.45) is 1.95. The van der Waals surface area contributed by atoms with E-state index in [2.05, 4.69) is 4.90 Å². The van der Waals surface area contributed by atoms with Crippen molar-refractivity contribution in [3.8, 4) is 11.5 Å². The van der Waals surface area contributed by atoms with Gasteiger partial charge in [0.2, 0.25) is 0 Å².